The number of carbonyl (C=O) groups is 2. The van der Waals surface area contributed by atoms with Gasteiger partial charge in [0.2, 0.25) is 0 Å². The summed E-state index contributed by atoms with van der Waals surface area (Å²) in [5.74, 6) is -0.359. The molecule has 3 rings (SSSR count). The highest BCUT2D eigenvalue weighted by molar-refractivity contribution is 5.79. The molecule has 0 saturated carbocycles. The molecule has 0 aliphatic heterocycles. The molecule has 63 heavy (non-hydrogen) atoms. The molecule has 2 aromatic rings. The van der Waals surface area contributed by atoms with Gasteiger partial charge in [-0.1, -0.05) is 48.5 Å². The molecule has 0 radical (unpaired) electrons. The van der Waals surface area contributed by atoms with E-state index in [4.69, 9.17) is 66.3 Å². The van der Waals surface area contributed by atoms with Crippen LogP contribution in [-0.4, -0.2) is 201 Å². The second kappa shape index (κ2) is 35.0. The Kier molecular flexibility index (Phi) is 30.0. The predicted molar refractivity (Wildman–Crippen MR) is 233 cm³/mol. The minimum Gasteiger partial charge on any atom is -0.458 e. The number of benzene rings is 2. The van der Waals surface area contributed by atoms with Crippen LogP contribution < -0.4 is 0 Å². The maximum atomic E-state index is 12.6. The van der Waals surface area contributed by atoms with Crippen LogP contribution in [0.4, 0.5) is 4.79 Å². The van der Waals surface area contributed by atoms with Gasteiger partial charge in [-0.05, 0) is 43.0 Å². The van der Waals surface area contributed by atoms with E-state index in [0.717, 1.165) is 0 Å². The fourth-order valence-electron chi connectivity index (χ4n) is 5.94. The number of nitrogens with zero attached hydrogens (tertiary/aromatic N) is 1. The smallest absolute Gasteiger partial charge is 0.409 e. The van der Waals surface area contributed by atoms with Crippen LogP contribution in [0.3, 0.4) is 0 Å². The summed E-state index contributed by atoms with van der Waals surface area (Å²) in [5.41, 5.74) is 4.26. The van der Waals surface area contributed by atoms with Gasteiger partial charge in [0.25, 0.3) is 0 Å². The van der Waals surface area contributed by atoms with Crippen LogP contribution in [-0.2, 0) is 71.1 Å². The number of ether oxygens (including phenoxy) is 14. The normalized spacial score (nSPS) is 12.4. The average molecular weight is 896 g/mol. The van der Waals surface area contributed by atoms with E-state index in [0.29, 0.717) is 165 Å². The van der Waals surface area contributed by atoms with E-state index in [-0.39, 0.29) is 18.6 Å². The van der Waals surface area contributed by atoms with Crippen LogP contribution in [0.25, 0.3) is 11.1 Å². The molecule has 0 heterocycles. The molecule has 0 N–H and O–H groups in total. The van der Waals surface area contributed by atoms with E-state index in [2.05, 4.69) is 24.3 Å². The molecular weight excluding hydrogens is 822 g/mol. The van der Waals surface area contributed by atoms with Gasteiger partial charge in [-0.15, -0.1) is 0 Å². The van der Waals surface area contributed by atoms with Crippen LogP contribution in [0.2, 0.25) is 0 Å². The lowest BCUT2D eigenvalue weighted by molar-refractivity contribution is -0.160. The third kappa shape index (κ3) is 26.3. The Balaban J connectivity index is 0.936. The molecule has 0 aromatic heterocycles. The SMILES string of the molecule is CN(CCOCCOCCOCCOCCOCCOCCOCCOCCOCCOCCOCCOCC(=O)OC(C)(C)C)C(=O)OCC1c2ccccc2-c2ccccc21. The Morgan fingerprint density at radius 2 is 0.762 bits per heavy atom. The van der Waals surface area contributed by atoms with Crippen molar-refractivity contribution >= 4 is 12.1 Å². The maximum absolute atomic E-state index is 12.6. The molecule has 2 aromatic carbocycles. The van der Waals surface area contributed by atoms with Gasteiger partial charge in [-0.3, -0.25) is 0 Å². The topological polar surface area (TPSA) is 167 Å². The van der Waals surface area contributed by atoms with E-state index in [9.17, 15) is 9.59 Å². The van der Waals surface area contributed by atoms with Crippen LogP contribution in [0, 0.1) is 0 Å². The Morgan fingerprint density at radius 1 is 0.460 bits per heavy atom. The van der Waals surface area contributed by atoms with Crippen molar-refractivity contribution in [1.82, 2.24) is 4.90 Å². The molecule has 1 aliphatic rings. The molecular formula is C46H73NO16. The van der Waals surface area contributed by atoms with Crippen molar-refractivity contribution in [2.45, 2.75) is 32.3 Å². The van der Waals surface area contributed by atoms with E-state index in [1.807, 2.05) is 45.0 Å². The van der Waals surface area contributed by atoms with E-state index >= 15 is 0 Å². The Bertz CT molecular complexity index is 1410. The number of hydrogen-bond acceptors (Lipinski definition) is 16. The van der Waals surface area contributed by atoms with E-state index in [1.54, 1.807) is 7.05 Å². The summed E-state index contributed by atoms with van der Waals surface area (Å²) in [4.78, 5) is 25.7. The van der Waals surface area contributed by atoms with Crippen LogP contribution in [0.15, 0.2) is 48.5 Å². The molecule has 0 saturated heterocycles. The quantitative estimate of drug-likeness (QED) is 0.0682. The first-order valence-corrected chi connectivity index (χ1v) is 22.0. The Morgan fingerprint density at radius 3 is 1.10 bits per heavy atom. The number of carbonyl (C=O) groups excluding carboxylic acids is 2. The van der Waals surface area contributed by atoms with Gasteiger partial charge in [-0.25, -0.2) is 9.59 Å². The van der Waals surface area contributed by atoms with Gasteiger partial charge in [-0.2, -0.15) is 0 Å². The molecule has 1 aliphatic carbocycles. The second-order valence-electron chi connectivity index (χ2n) is 15.1. The standard InChI is InChI=1S/C46H73NO16/c1-46(2,3)63-44(48)38-61-36-35-60-34-33-59-32-31-58-30-29-57-28-27-56-26-25-55-24-23-54-22-21-53-20-19-52-18-17-51-16-15-50-14-13-47(4)45(49)62-37-43-41-11-7-5-9-39(41)40-10-6-8-12-42(40)43/h5-12,43H,13-38H2,1-4H3. The first-order chi connectivity index (χ1) is 30.8. The Labute approximate surface area is 374 Å². The molecule has 1 amide bonds. The summed E-state index contributed by atoms with van der Waals surface area (Å²) in [7, 11) is 1.71. The van der Waals surface area contributed by atoms with Crippen molar-refractivity contribution in [3.05, 3.63) is 59.7 Å². The summed E-state index contributed by atoms with van der Waals surface area (Å²) in [5, 5.41) is 0. The number of fused-ring (bicyclic) bond motifs is 3. The number of rotatable bonds is 40. The van der Waals surface area contributed by atoms with Gasteiger partial charge < -0.3 is 71.2 Å². The zero-order valence-electron chi connectivity index (χ0n) is 38.1. The van der Waals surface area contributed by atoms with Gasteiger partial charge >= 0.3 is 12.1 Å². The third-order valence-corrected chi connectivity index (χ3v) is 8.95. The minimum absolute atomic E-state index is 0.0327. The van der Waals surface area contributed by atoms with Crippen molar-refractivity contribution < 1.29 is 75.9 Å². The first kappa shape index (κ1) is 54.0. The van der Waals surface area contributed by atoms with E-state index in [1.165, 1.54) is 27.2 Å². The molecule has 0 unspecified atom stereocenters. The number of esters is 1. The van der Waals surface area contributed by atoms with Crippen LogP contribution in [0.5, 0.6) is 0 Å². The lowest BCUT2D eigenvalue weighted by Crippen LogP contribution is -2.32. The van der Waals surface area contributed by atoms with Crippen molar-refractivity contribution in [2.75, 3.05) is 179 Å². The molecule has 17 nitrogen and oxygen atoms in total. The van der Waals surface area contributed by atoms with E-state index < -0.39 is 11.6 Å². The fraction of sp³-hybridized carbons (Fsp3) is 0.696. The summed E-state index contributed by atoms with van der Waals surface area (Å²) in [6.07, 6.45) is -0.369. The molecule has 0 fully saturated rings. The number of hydrogen-bond donors (Lipinski definition) is 0. The lowest BCUT2D eigenvalue weighted by Gasteiger charge is -2.19. The maximum Gasteiger partial charge on any atom is 0.409 e. The van der Waals surface area contributed by atoms with Crippen LogP contribution in [0.1, 0.15) is 37.8 Å². The van der Waals surface area contributed by atoms with Gasteiger partial charge in [0.15, 0.2) is 0 Å². The zero-order chi connectivity index (χ0) is 45.1. The molecule has 0 atom stereocenters. The second-order valence-corrected chi connectivity index (χ2v) is 15.1. The van der Waals surface area contributed by atoms with Gasteiger partial charge in [0, 0.05) is 19.5 Å². The summed E-state index contributed by atoms with van der Waals surface area (Å²) in [6, 6.07) is 16.6. The highest BCUT2D eigenvalue weighted by atomic mass is 16.6. The largest absolute Gasteiger partial charge is 0.458 e. The number of likely N-dealkylation sites (N-methyl/N-ethyl adjacent to an activating group) is 1. The molecule has 358 valence electrons. The highest BCUT2D eigenvalue weighted by Crippen LogP contribution is 2.44. The highest BCUT2D eigenvalue weighted by Gasteiger charge is 2.29. The van der Waals surface area contributed by atoms with Crippen molar-refractivity contribution in [3.8, 4) is 11.1 Å². The third-order valence-electron chi connectivity index (χ3n) is 8.95. The summed E-state index contributed by atoms with van der Waals surface area (Å²) < 4.78 is 76.6. The average Bonchev–Trinajstić information content (AvgIpc) is 3.59. The first-order valence-electron chi connectivity index (χ1n) is 22.0. The number of amides is 1. The van der Waals surface area contributed by atoms with Crippen LogP contribution >= 0.6 is 0 Å². The van der Waals surface area contributed by atoms with Crippen molar-refractivity contribution in [3.63, 3.8) is 0 Å². The monoisotopic (exact) mass is 895 g/mol. The summed E-state index contributed by atoms with van der Waals surface area (Å²) in [6.45, 7) is 16.4. The predicted octanol–water partition coefficient (Wildman–Crippen LogP) is 4.41. The van der Waals surface area contributed by atoms with Crippen molar-refractivity contribution in [2.24, 2.45) is 0 Å². The van der Waals surface area contributed by atoms with Gasteiger partial charge in [0.1, 0.15) is 18.8 Å². The molecule has 0 spiro atoms. The van der Waals surface area contributed by atoms with Crippen molar-refractivity contribution in [1.29, 1.82) is 0 Å². The Hall–Kier alpha value is -3.30. The van der Waals surface area contributed by atoms with Gasteiger partial charge in [0.05, 0.1) is 152 Å². The minimum atomic E-state index is -0.518. The fourth-order valence-corrected chi connectivity index (χ4v) is 5.94. The summed E-state index contributed by atoms with van der Waals surface area (Å²) >= 11 is 0. The molecule has 0 bridgehead atoms. The molecule has 17 heteroatoms. The lowest BCUT2D eigenvalue weighted by atomic mass is 9.98. The zero-order valence-corrected chi connectivity index (χ0v) is 38.1.